The van der Waals surface area contributed by atoms with Crippen LogP contribution < -0.4 is 5.32 Å². The summed E-state index contributed by atoms with van der Waals surface area (Å²) in [6.07, 6.45) is 0. The lowest BCUT2D eigenvalue weighted by Gasteiger charge is -2.27. The molecule has 1 saturated heterocycles. The first-order chi connectivity index (χ1) is 8.09. The van der Waals surface area contributed by atoms with E-state index in [0.29, 0.717) is 14.5 Å². The Kier molecular flexibility index (Phi) is 4.06. The lowest BCUT2D eigenvalue weighted by molar-refractivity contribution is 0.0735. The van der Waals surface area contributed by atoms with Gasteiger partial charge in [0, 0.05) is 31.7 Å². The third-order valence-electron chi connectivity index (χ3n) is 2.67. The van der Waals surface area contributed by atoms with Crippen LogP contribution in [0.25, 0.3) is 0 Å². The average molecular weight is 364 g/mol. The van der Waals surface area contributed by atoms with Crippen molar-refractivity contribution in [2.75, 3.05) is 26.2 Å². The van der Waals surface area contributed by atoms with E-state index in [9.17, 15) is 9.90 Å². The Morgan fingerprint density at radius 2 is 1.76 bits per heavy atom. The monoisotopic (exact) mass is 362 g/mol. The predicted octanol–water partition coefficient (Wildman–Crippen LogP) is 1.96. The van der Waals surface area contributed by atoms with Crippen LogP contribution in [0.3, 0.4) is 0 Å². The fourth-order valence-corrected chi connectivity index (χ4v) is 2.93. The summed E-state index contributed by atoms with van der Waals surface area (Å²) in [5.41, 5.74) is 0.573. The molecule has 0 aromatic heterocycles. The minimum atomic E-state index is -0.00657. The van der Waals surface area contributed by atoms with Gasteiger partial charge in [-0.05, 0) is 44.0 Å². The lowest BCUT2D eigenvalue weighted by atomic mass is 10.2. The second-order valence-electron chi connectivity index (χ2n) is 3.83. The Morgan fingerprint density at radius 1 is 1.24 bits per heavy atom. The molecule has 1 amide bonds. The fourth-order valence-electron chi connectivity index (χ4n) is 1.74. The Labute approximate surface area is 116 Å². The molecule has 2 N–H and O–H groups in total. The molecule has 1 fully saturated rings. The van der Waals surface area contributed by atoms with Crippen molar-refractivity contribution in [1.29, 1.82) is 0 Å². The molecule has 0 unspecified atom stereocenters. The number of nitrogens with zero attached hydrogens (tertiary/aromatic N) is 1. The second kappa shape index (κ2) is 5.37. The van der Waals surface area contributed by atoms with Crippen LogP contribution in [0.15, 0.2) is 21.1 Å². The van der Waals surface area contributed by atoms with Crippen molar-refractivity contribution in [3.05, 3.63) is 26.6 Å². The van der Waals surface area contributed by atoms with E-state index < -0.39 is 0 Å². The summed E-state index contributed by atoms with van der Waals surface area (Å²) in [7, 11) is 0. The minimum absolute atomic E-state index is 0.00657. The van der Waals surface area contributed by atoms with Gasteiger partial charge in [-0.15, -0.1) is 0 Å². The third kappa shape index (κ3) is 2.81. The molecular weight excluding hydrogens is 352 g/mol. The lowest BCUT2D eigenvalue weighted by Crippen LogP contribution is -2.46. The maximum atomic E-state index is 12.2. The Morgan fingerprint density at radius 3 is 2.29 bits per heavy atom. The number of amides is 1. The molecule has 92 valence electrons. The molecule has 1 aromatic rings. The van der Waals surface area contributed by atoms with Crippen LogP contribution in [0.4, 0.5) is 0 Å². The van der Waals surface area contributed by atoms with E-state index in [1.807, 2.05) is 4.90 Å². The highest BCUT2D eigenvalue weighted by Crippen LogP contribution is 2.33. The van der Waals surface area contributed by atoms with Gasteiger partial charge in [-0.1, -0.05) is 0 Å². The molecule has 0 bridgehead atoms. The van der Waals surface area contributed by atoms with Crippen LogP contribution >= 0.6 is 31.9 Å². The van der Waals surface area contributed by atoms with Gasteiger partial charge in [-0.25, -0.2) is 0 Å². The van der Waals surface area contributed by atoms with E-state index in [4.69, 9.17) is 0 Å². The number of phenols is 1. The number of carbonyl (C=O) groups excluding carboxylic acids is 1. The summed E-state index contributed by atoms with van der Waals surface area (Å²) in [6.45, 7) is 3.09. The van der Waals surface area contributed by atoms with Crippen LogP contribution in [0, 0.1) is 0 Å². The quantitative estimate of drug-likeness (QED) is 0.801. The van der Waals surface area contributed by atoms with Crippen molar-refractivity contribution in [1.82, 2.24) is 10.2 Å². The Bertz CT molecular complexity index is 422. The first kappa shape index (κ1) is 12.9. The van der Waals surface area contributed by atoms with E-state index in [2.05, 4.69) is 37.2 Å². The van der Waals surface area contributed by atoms with Gasteiger partial charge in [0.15, 0.2) is 0 Å². The fraction of sp³-hybridized carbons (Fsp3) is 0.364. The van der Waals surface area contributed by atoms with E-state index in [-0.39, 0.29) is 11.7 Å². The molecule has 0 aliphatic carbocycles. The van der Waals surface area contributed by atoms with Gasteiger partial charge in [-0.3, -0.25) is 4.79 Å². The summed E-state index contributed by atoms with van der Waals surface area (Å²) in [5, 5.41) is 12.8. The predicted molar refractivity (Wildman–Crippen MR) is 72.3 cm³/mol. The van der Waals surface area contributed by atoms with Gasteiger partial charge in [0.1, 0.15) is 5.75 Å². The number of phenolic OH excluding ortho intramolecular Hbond substituents is 1. The molecule has 1 heterocycles. The first-order valence-electron chi connectivity index (χ1n) is 5.27. The third-order valence-corrected chi connectivity index (χ3v) is 3.88. The molecule has 1 aliphatic heterocycles. The zero-order chi connectivity index (χ0) is 12.4. The van der Waals surface area contributed by atoms with Crippen molar-refractivity contribution in [2.45, 2.75) is 0 Å². The maximum absolute atomic E-state index is 12.2. The number of hydrogen-bond donors (Lipinski definition) is 2. The van der Waals surface area contributed by atoms with Gasteiger partial charge in [-0.2, -0.15) is 0 Å². The normalized spacial score (nSPS) is 16.0. The van der Waals surface area contributed by atoms with Crippen LogP contribution in [0.2, 0.25) is 0 Å². The van der Waals surface area contributed by atoms with Crippen molar-refractivity contribution < 1.29 is 9.90 Å². The van der Waals surface area contributed by atoms with Crippen LogP contribution in [0.5, 0.6) is 5.75 Å². The molecule has 0 radical (unpaired) electrons. The van der Waals surface area contributed by atoms with E-state index in [1.54, 1.807) is 12.1 Å². The largest absolute Gasteiger partial charge is 0.506 e. The topological polar surface area (TPSA) is 52.6 Å². The van der Waals surface area contributed by atoms with E-state index in [1.165, 1.54) is 0 Å². The number of piperazine rings is 1. The summed E-state index contributed by atoms with van der Waals surface area (Å²) < 4.78 is 1.04. The maximum Gasteiger partial charge on any atom is 0.254 e. The molecular formula is C11H12Br2N2O2. The molecule has 4 nitrogen and oxygen atoms in total. The van der Waals surface area contributed by atoms with Crippen molar-refractivity contribution in [2.24, 2.45) is 0 Å². The summed E-state index contributed by atoms with van der Waals surface area (Å²) in [5.74, 6) is 0.106. The number of benzene rings is 1. The van der Waals surface area contributed by atoms with Crippen molar-refractivity contribution >= 4 is 37.8 Å². The number of carbonyl (C=O) groups is 1. The summed E-state index contributed by atoms with van der Waals surface area (Å²) in [4.78, 5) is 14.0. The number of aromatic hydroxyl groups is 1. The van der Waals surface area contributed by atoms with E-state index >= 15 is 0 Å². The van der Waals surface area contributed by atoms with Crippen LogP contribution in [0.1, 0.15) is 10.4 Å². The van der Waals surface area contributed by atoms with Gasteiger partial charge in [0.05, 0.1) is 8.95 Å². The van der Waals surface area contributed by atoms with Gasteiger partial charge in [0.25, 0.3) is 5.91 Å². The Hall–Kier alpha value is -0.590. The van der Waals surface area contributed by atoms with Crippen molar-refractivity contribution in [3.8, 4) is 5.75 Å². The molecule has 0 atom stereocenters. The van der Waals surface area contributed by atoms with Gasteiger partial charge in [0.2, 0.25) is 0 Å². The first-order valence-corrected chi connectivity index (χ1v) is 6.86. The second-order valence-corrected chi connectivity index (χ2v) is 5.54. The van der Waals surface area contributed by atoms with Gasteiger partial charge >= 0.3 is 0 Å². The minimum Gasteiger partial charge on any atom is -0.506 e. The molecule has 2 rings (SSSR count). The zero-order valence-corrected chi connectivity index (χ0v) is 12.2. The van der Waals surface area contributed by atoms with E-state index in [0.717, 1.165) is 26.2 Å². The number of hydrogen-bond acceptors (Lipinski definition) is 3. The molecule has 0 saturated carbocycles. The molecule has 6 heteroatoms. The number of nitrogens with one attached hydrogen (secondary N) is 1. The number of halogens is 2. The summed E-state index contributed by atoms with van der Waals surface area (Å²) >= 11 is 6.45. The zero-order valence-electron chi connectivity index (χ0n) is 9.04. The SMILES string of the molecule is O=C(c1cc(Br)c(O)c(Br)c1)N1CCNCC1. The highest BCUT2D eigenvalue weighted by molar-refractivity contribution is 9.11. The standard InChI is InChI=1S/C11H12Br2N2O2/c12-8-5-7(6-9(13)10(8)16)11(17)15-3-1-14-2-4-15/h5-6,14,16H,1-4H2. The number of rotatable bonds is 1. The highest BCUT2D eigenvalue weighted by Gasteiger charge is 2.19. The van der Waals surface area contributed by atoms with Crippen LogP contribution in [-0.2, 0) is 0 Å². The van der Waals surface area contributed by atoms with Crippen LogP contribution in [-0.4, -0.2) is 42.1 Å². The van der Waals surface area contributed by atoms with Gasteiger partial charge < -0.3 is 15.3 Å². The summed E-state index contributed by atoms with van der Waals surface area (Å²) in [6, 6.07) is 3.29. The molecule has 1 aromatic carbocycles. The Balaban J connectivity index is 2.24. The molecule has 0 spiro atoms. The molecule has 17 heavy (non-hydrogen) atoms. The molecule has 1 aliphatic rings. The van der Waals surface area contributed by atoms with Crippen molar-refractivity contribution in [3.63, 3.8) is 0 Å². The smallest absolute Gasteiger partial charge is 0.254 e. The highest BCUT2D eigenvalue weighted by atomic mass is 79.9. The average Bonchev–Trinajstić information content (AvgIpc) is 2.35.